The van der Waals surface area contributed by atoms with Gasteiger partial charge in [0.1, 0.15) is 20.1 Å². The van der Waals surface area contributed by atoms with E-state index in [2.05, 4.69) is 19.9 Å². The van der Waals surface area contributed by atoms with E-state index in [4.69, 9.17) is 11.6 Å². The third kappa shape index (κ3) is 4.30. The second-order valence-corrected chi connectivity index (χ2v) is 16.3. The number of piperazine rings is 1. The van der Waals surface area contributed by atoms with Gasteiger partial charge in [0, 0.05) is 19.6 Å². The van der Waals surface area contributed by atoms with Crippen LogP contribution in [0.2, 0.25) is 5.02 Å². The zero-order chi connectivity index (χ0) is 27.7. The lowest BCUT2D eigenvalue weighted by Gasteiger charge is -2.43. The predicted octanol–water partition coefficient (Wildman–Crippen LogP) is 4.56. The molecule has 6 rings (SSSR count). The van der Waals surface area contributed by atoms with Crippen LogP contribution in [0, 0.1) is 5.82 Å². The van der Waals surface area contributed by atoms with E-state index in [1.807, 2.05) is 0 Å². The quantitative estimate of drug-likeness (QED) is 0.313. The number of nitrogens with zero attached hydrogens (tertiary/aromatic N) is 5. The summed E-state index contributed by atoms with van der Waals surface area (Å²) in [6.45, 7) is 4.84. The summed E-state index contributed by atoms with van der Waals surface area (Å²) >= 11 is 7.35. The van der Waals surface area contributed by atoms with Crippen LogP contribution in [0.5, 0.6) is 0 Å². The largest absolute Gasteiger partial charge is 0.352 e. The molecule has 0 bridgehead atoms. The van der Waals surface area contributed by atoms with Crippen molar-refractivity contribution in [1.29, 1.82) is 0 Å². The number of thiophene rings is 1. The monoisotopic (exact) mass is 609 g/mol. The van der Waals surface area contributed by atoms with E-state index in [9.17, 15) is 21.2 Å². The number of pyridine rings is 1. The molecule has 14 heteroatoms. The normalized spacial score (nSPS) is 17.5. The summed E-state index contributed by atoms with van der Waals surface area (Å²) in [5.74, 6) is 0.754. The van der Waals surface area contributed by atoms with E-state index in [1.165, 1.54) is 24.4 Å². The van der Waals surface area contributed by atoms with Gasteiger partial charge in [0.25, 0.3) is 10.0 Å². The summed E-state index contributed by atoms with van der Waals surface area (Å²) in [5, 5.41) is 4.83. The molecular formula is C25H25ClFN5O4S3. The number of benzene rings is 1. The predicted molar refractivity (Wildman–Crippen MR) is 150 cm³/mol. The second-order valence-electron chi connectivity index (χ2n) is 10.1. The number of anilines is 2. The molecule has 0 N–H and O–H groups in total. The van der Waals surface area contributed by atoms with Gasteiger partial charge in [-0.25, -0.2) is 17.8 Å². The van der Waals surface area contributed by atoms with Gasteiger partial charge in [-0.05, 0) is 63.1 Å². The lowest BCUT2D eigenvalue weighted by molar-refractivity contribution is 0.501. The van der Waals surface area contributed by atoms with Gasteiger partial charge in [0.15, 0.2) is 15.7 Å². The highest BCUT2D eigenvalue weighted by atomic mass is 35.5. The van der Waals surface area contributed by atoms with Crippen LogP contribution in [0.4, 0.5) is 16.0 Å². The lowest BCUT2D eigenvalue weighted by atomic mass is 10.1. The second kappa shape index (κ2) is 9.15. The Kier molecular flexibility index (Phi) is 6.21. The third-order valence-corrected chi connectivity index (χ3v) is 13.5. The molecular weight excluding hydrogens is 585 g/mol. The first kappa shape index (κ1) is 26.5. The molecule has 1 aliphatic carbocycles. The van der Waals surface area contributed by atoms with Crippen LogP contribution < -0.4 is 9.80 Å². The highest BCUT2D eigenvalue weighted by Gasteiger charge is 2.53. The fourth-order valence-corrected chi connectivity index (χ4v) is 9.82. The summed E-state index contributed by atoms with van der Waals surface area (Å²) in [4.78, 5) is 8.45. The molecule has 1 aromatic carbocycles. The van der Waals surface area contributed by atoms with Crippen molar-refractivity contribution >= 4 is 65.3 Å². The summed E-state index contributed by atoms with van der Waals surface area (Å²) in [6.07, 6.45) is 2.94. The Hall–Kier alpha value is -2.74. The number of hydrogen-bond donors (Lipinski definition) is 0. The Morgan fingerprint density at radius 1 is 1.03 bits per heavy atom. The number of rotatable bonds is 6. The van der Waals surface area contributed by atoms with Crippen LogP contribution in [-0.4, -0.2) is 61.4 Å². The van der Waals surface area contributed by atoms with Gasteiger partial charge in [-0.3, -0.25) is 0 Å². The molecule has 1 spiro atoms. The summed E-state index contributed by atoms with van der Waals surface area (Å²) in [5.41, 5.74) is 0.0303. The molecule has 0 atom stereocenters. The number of hydrogen-bond acceptors (Lipinski definition) is 9. The molecule has 2 fully saturated rings. The molecule has 9 nitrogen and oxygen atoms in total. The van der Waals surface area contributed by atoms with Gasteiger partial charge in [-0.2, -0.15) is 12.5 Å². The minimum atomic E-state index is -4.22. The first-order valence-electron chi connectivity index (χ1n) is 12.3. The van der Waals surface area contributed by atoms with Gasteiger partial charge in [-0.1, -0.05) is 17.7 Å². The molecule has 0 unspecified atom stereocenters. The first-order valence-corrected chi connectivity index (χ1v) is 16.5. The van der Waals surface area contributed by atoms with Gasteiger partial charge >= 0.3 is 0 Å². The summed E-state index contributed by atoms with van der Waals surface area (Å²) in [6, 6.07) is 10.7. The molecule has 4 heterocycles. The van der Waals surface area contributed by atoms with Crippen molar-refractivity contribution in [2.45, 2.75) is 45.9 Å². The highest BCUT2D eigenvalue weighted by molar-refractivity contribution is 7.95. The Labute approximate surface area is 234 Å². The van der Waals surface area contributed by atoms with Crippen LogP contribution in [0.1, 0.15) is 26.7 Å². The van der Waals surface area contributed by atoms with Crippen molar-refractivity contribution in [2.24, 2.45) is 0 Å². The first-order chi connectivity index (χ1) is 18.4. The Bertz CT molecular complexity index is 1800. The van der Waals surface area contributed by atoms with Crippen molar-refractivity contribution in [2.75, 3.05) is 29.4 Å². The number of fused-ring (bicyclic) bond motifs is 1. The number of sulfone groups is 1. The zero-order valence-electron chi connectivity index (χ0n) is 21.1. The van der Waals surface area contributed by atoms with Crippen LogP contribution in [0.3, 0.4) is 0 Å². The average Bonchev–Trinajstić information content (AvgIpc) is 3.30. The molecule has 1 saturated heterocycles. The maximum atomic E-state index is 13.8. The van der Waals surface area contributed by atoms with Crippen LogP contribution in [0.15, 0.2) is 57.1 Å². The molecule has 1 saturated carbocycles. The van der Waals surface area contributed by atoms with E-state index in [0.29, 0.717) is 58.5 Å². The number of halogens is 2. The summed E-state index contributed by atoms with van der Waals surface area (Å²) < 4.78 is 67.2. The van der Waals surface area contributed by atoms with Crippen molar-refractivity contribution in [3.63, 3.8) is 0 Å². The fourth-order valence-electron chi connectivity index (χ4n) is 5.00. The van der Waals surface area contributed by atoms with Gasteiger partial charge in [-0.15, -0.1) is 16.4 Å². The van der Waals surface area contributed by atoms with Gasteiger partial charge in [0.05, 0.1) is 32.9 Å². The zero-order valence-corrected chi connectivity index (χ0v) is 24.3. The topological polar surface area (TPSA) is 105 Å². The Morgan fingerprint density at radius 3 is 2.44 bits per heavy atom. The van der Waals surface area contributed by atoms with Crippen molar-refractivity contribution in [3.05, 3.63) is 59.5 Å². The van der Waals surface area contributed by atoms with Gasteiger partial charge in [0.2, 0.25) is 0 Å². The average molecular weight is 610 g/mol. The SMILES string of the molecule is CC(C)S(=O)(=O)c1ccc(S(=O)(=O)n2nc(N3CCN(c4ccc(F)cn4)CC34CC4)c3c(Cl)cccc32)s1. The van der Waals surface area contributed by atoms with E-state index in [-0.39, 0.29) is 14.0 Å². The van der Waals surface area contributed by atoms with E-state index in [1.54, 1.807) is 38.1 Å². The molecule has 3 aromatic heterocycles. The maximum Gasteiger partial charge on any atom is 0.293 e. The van der Waals surface area contributed by atoms with Crippen LogP contribution in [-0.2, 0) is 19.9 Å². The van der Waals surface area contributed by atoms with E-state index in [0.717, 1.165) is 16.9 Å². The van der Waals surface area contributed by atoms with Crippen molar-refractivity contribution in [1.82, 2.24) is 14.2 Å². The molecule has 0 radical (unpaired) electrons. The minimum Gasteiger partial charge on any atom is -0.352 e. The van der Waals surface area contributed by atoms with E-state index < -0.39 is 30.9 Å². The maximum absolute atomic E-state index is 13.8. The smallest absolute Gasteiger partial charge is 0.293 e. The number of aromatic nitrogens is 3. The van der Waals surface area contributed by atoms with Gasteiger partial charge < -0.3 is 9.80 Å². The van der Waals surface area contributed by atoms with Crippen molar-refractivity contribution in [3.8, 4) is 0 Å². The molecule has 39 heavy (non-hydrogen) atoms. The molecule has 2 aliphatic rings. The lowest BCUT2D eigenvalue weighted by Crippen LogP contribution is -2.55. The summed E-state index contributed by atoms with van der Waals surface area (Å²) in [7, 11) is -7.85. The third-order valence-electron chi connectivity index (χ3n) is 7.32. The highest BCUT2D eigenvalue weighted by Crippen LogP contribution is 2.49. The molecule has 206 valence electrons. The molecule has 0 amide bonds. The van der Waals surface area contributed by atoms with E-state index >= 15 is 0 Å². The Morgan fingerprint density at radius 2 is 1.77 bits per heavy atom. The Balaban J connectivity index is 1.41. The fraction of sp³-hybridized carbons (Fsp3) is 0.360. The minimum absolute atomic E-state index is 0.00625. The standard InChI is InChI=1S/C25H25ClFN5O4S3/c1-16(2)38(33,34)21-8-9-22(37-21)39(35,36)32-19-5-3-4-18(26)23(19)24(29-32)31-13-12-30(15-25(31)10-11-25)20-7-6-17(27)14-28-20/h3-9,14,16H,10-13,15H2,1-2H3. The molecule has 4 aromatic rings. The van der Waals surface area contributed by atoms with Crippen molar-refractivity contribution < 1.29 is 21.2 Å². The molecule has 1 aliphatic heterocycles. The van der Waals surface area contributed by atoms with Crippen LogP contribution >= 0.6 is 22.9 Å². The van der Waals surface area contributed by atoms with Crippen LogP contribution in [0.25, 0.3) is 10.9 Å².